The summed E-state index contributed by atoms with van der Waals surface area (Å²) in [5.41, 5.74) is 0. The lowest BCUT2D eigenvalue weighted by atomic mass is 10.2. The number of hydrogen-bond acceptors (Lipinski definition) is 2. The Kier molecular flexibility index (Phi) is 2.88. The second kappa shape index (κ2) is 3.72. The molecular weight excluding hydrogens is 138 g/mol. The van der Waals surface area contributed by atoms with Gasteiger partial charge in [0.1, 0.15) is 0 Å². The van der Waals surface area contributed by atoms with E-state index in [1.54, 1.807) is 0 Å². The quantitative estimate of drug-likeness (QED) is 0.421. The van der Waals surface area contributed by atoms with Crippen molar-refractivity contribution in [2.75, 3.05) is 34.2 Å². The molecule has 0 bridgehead atoms. The van der Waals surface area contributed by atoms with Gasteiger partial charge in [0.05, 0.1) is 6.34 Å². The molecule has 3 heteroatoms. The van der Waals surface area contributed by atoms with Crippen molar-refractivity contribution in [2.24, 2.45) is 4.99 Å². The average Bonchev–Trinajstić information content (AvgIpc) is 2.36. The van der Waals surface area contributed by atoms with Crippen LogP contribution in [0, 0.1) is 0 Å². The molecule has 1 aliphatic rings. The zero-order chi connectivity index (χ0) is 8.27. The Morgan fingerprint density at radius 3 is 2.82 bits per heavy atom. The molecule has 1 aliphatic heterocycles. The van der Waals surface area contributed by atoms with Gasteiger partial charge in [0.15, 0.2) is 0 Å². The summed E-state index contributed by atoms with van der Waals surface area (Å²) in [4.78, 5) is 8.54. The van der Waals surface area contributed by atoms with Gasteiger partial charge in [-0.05, 0) is 20.0 Å². The van der Waals surface area contributed by atoms with Crippen molar-refractivity contribution >= 4 is 6.34 Å². The van der Waals surface area contributed by atoms with Gasteiger partial charge in [-0.15, -0.1) is 0 Å². The standard InChI is InChI=1S/C8H17N3/c1-9-7-11(3)8-4-5-10(2)6-8/h7-8H,4-6H2,1-3H3/b9-7-. The van der Waals surface area contributed by atoms with E-state index >= 15 is 0 Å². The first kappa shape index (κ1) is 8.53. The predicted molar refractivity (Wildman–Crippen MR) is 48.1 cm³/mol. The second-order valence-corrected chi connectivity index (χ2v) is 3.24. The summed E-state index contributed by atoms with van der Waals surface area (Å²) in [6.45, 7) is 2.38. The van der Waals surface area contributed by atoms with Gasteiger partial charge in [0, 0.05) is 26.7 Å². The summed E-state index contributed by atoms with van der Waals surface area (Å²) in [5, 5.41) is 0. The van der Waals surface area contributed by atoms with Crippen molar-refractivity contribution in [3.8, 4) is 0 Å². The number of aliphatic imine (C=N–C) groups is 1. The average molecular weight is 155 g/mol. The number of likely N-dealkylation sites (tertiary alicyclic amines) is 1. The predicted octanol–water partition coefficient (Wildman–Crippen LogP) is 0.280. The van der Waals surface area contributed by atoms with Crippen LogP contribution in [0.25, 0.3) is 0 Å². The Balaban J connectivity index is 2.36. The van der Waals surface area contributed by atoms with Gasteiger partial charge in [0.2, 0.25) is 0 Å². The van der Waals surface area contributed by atoms with E-state index in [0.29, 0.717) is 6.04 Å². The van der Waals surface area contributed by atoms with E-state index in [4.69, 9.17) is 0 Å². The molecule has 0 aromatic heterocycles. The zero-order valence-electron chi connectivity index (χ0n) is 7.62. The van der Waals surface area contributed by atoms with Crippen LogP contribution in [-0.2, 0) is 0 Å². The Hall–Kier alpha value is -0.570. The molecule has 0 aromatic carbocycles. The first-order valence-electron chi connectivity index (χ1n) is 4.07. The molecule has 1 heterocycles. The minimum absolute atomic E-state index is 0.670. The highest BCUT2D eigenvalue weighted by atomic mass is 15.2. The van der Waals surface area contributed by atoms with E-state index in [2.05, 4.69) is 28.9 Å². The molecule has 64 valence electrons. The molecule has 1 saturated heterocycles. The minimum Gasteiger partial charge on any atom is -0.362 e. The van der Waals surface area contributed by atoms with Crippen LogP contribution in [0.4, 0.5) is 0 Å². The normalized spacial score (nSPS) is 26.6. The van der Waals surface area contributed by atoms with Gasteiger partial charge in [-0.3, -0.25) is 4.99 Å². The fraction of sp³-hybridized carbons (Fsp3) is 0.875. The van der Waals surface area contributed by atoms with Crippen LogP contribution in [0.5, 0.6) is 0 Å². The van der Waals surface area contributed by atoms with Crippen LogP contribution in [0.15, 0.2) is 4.99 Å². The molecule has 0 saturated carbocycles. The molecule has 11 heavy (non-hydrogen) atoms. The van der Waals surface area contributed by atoms with Crippen molar-refractivity contribution in [1.29, 1.82) is 0 Å². The third-order valence-electron chi connectivity index (χ3n) is 2.24. The summed E-state index contributed by atoms with van der Waals surface area (Å²) in [7, 11) is 6.07. The number of rotatable bonds is 2. The minimum atomic E-state index is 0.670. The molecule has 0 aliphatic carbocycles. The van der Waals surface area contributed by atoms with E-state index in [1.165, 1.54) is 19.5 Å². The molecule has 0 aromatic rings. The summed E-state index contributed by atoms with van der Waals surface area (Å²) >= 11 is 0. The van der Waals surface area contributed by atoms with Crippen LogP contribution >= 0.6 is 0 Å². The lowest BCUT2D eigenvalue weighted by Gasteiger charge is -2.20. The lowest BCUT2D eigenvalue weighted by Crippen LogP contribution is -2.32. The molecule has 0 N–H and O–H groups in total. The fourth-order valence-electron chi connectivity index (χ4n) is 1.52. The Labute approximate surface area is 68.7 Å². The van der Waals surface area contributed by atoms with Crippen LogP contribution in [0.1, 0.15) is 6.42 Å². The van der Waals surface area contributed by atoms with E-state index in [9.17, 15) is 0 Å². The summed E-state index contributed by atoms with van der Waals surface area (Å²) in [6.07, 6.45) is 3.17. The Bertz CT molecular complexity index is 144. The van der Waals surface area contributed by atoms with Crippen molar-refractivity contribution < 1.29 is 0 Å². The SMILES string of the molecule is C/N=C\N(C)C1CCN(C)C1. The topological polar surface area (TPSA) is 18.8 Å². The Morgan fingerprint density at radius 1 is 1.64 bits per heavy atom. The summed E-state index contributed by atoms with van der Waals surface area (Å²) in [6, 6.07) is 0.670. The van der Waals surface area contributed by atoms with Crippen LogP contribution in [-0.4, -0.2) is 56.4 Å². The maximum atomic E-state index is 3.99. The second-order valence-electron chi connectivity index (χ2n) is 3.24. The summed E-state index contributed by atoms with van der Waals surface area (Å²) in [5.74, 6) is 0. The van der Waals surface area contributed by atoms with Crippen LogP contribution in [0.2, 0.25) is 0 Å². The molecule has 0 amide bonds. The first-order chi connectivity index (χ1) is 5.24. The van der Waals surface area contributed by atoms with Crippen LogP contribution in [0.3, 0.4) is 0 Å². The Morgan fingerprint density at radius 2 is 2.36 bits per heavy atom. The van der Waals surface area contributed by atoms with Gasteiger partial charge < -0.3 is 9.80 Å². The fourth-order valence-corrected chi connectivity index (χ4v) is 1.52. The van der Waals surface area contributed by atoms with E-state index in [0.717, 1.165) is 0 Å². The van der Waals surface area contributed by atoms with Crippen molar-refractivity contribution in [2.45, 2.75) is 12.5 Å². The molecule has 0 spiro atoms. The van der Waals surface area contributed by atoms with Gasteiger partial charge >= 0.3 is 0 Å². The van der Waals surface area contributed by atoms with Gasteiger partial charge in [-0.25, -0.2) is 0 Å². The highest BCUT2D eigenvalue weighted by molar-refractivity contribution is 5.54. The molecule has 1 fully saturated rings. The highest BCUT2D eigenvalue weighted by Crippen LogP contribution is 2.10. The first-order valence-corrected chi connectivity index (χ1v) is 4.07. The smallest absolute Gasteiger partial charge is 0.0846 e. The third-order valence-corrected chi connectivity index (χ3v) is 2.24. The number of hydrogen-bond donors (Lipinski definition) is 0. The molecule has 1 atom stereocenters. The third kappa shape index (κ3) is 2.19. The van der Waals surface area contributed by atoms with Crippen molar-refractivity contribution in [1.82, 2.24) is 9.80 Å². The van der Waals surface area contributed by atoms with E-state index in [1.807, 2.05) is 13.4 Å². The molecule has 3 nitrogen and oxygen atoms in total. The summed E-state index contributed by atoms with van der Waals surface area (Å²) < 4.78 is 0. The zero-order valence-corrected chi connectivity index (χ0v) is 7.62. The largest absolute Gasteiger partial charge is 0.362 e. The van der Waals surface area contributed by atoms with Crippen molar-refractivity contribution in [3.63, 3.8) is 0 Å². The van der Waals surface area contributed by atoms with E-state index in [-0.39, 0.29) is 0 Å². The molecule has 0 radical (unpaired) electrons. The molecule has 1 rings (SSSR count). The molecule has 1 unspecified atom stereocenters. The highest BCUT2D eigenvalue weighted by Gasteiger charge is 2.21. The number of likely N-dealkylation sites (N-methyl/N-ethyl adjacent to an activating group) is 2. The van der Waals surface area contributed by atoms with Crippen LogP contribution < -0.4 is 0 Å². The monoisotopic (exact) mass is 155 g/mol. The maximum Gasteiger partial charge on any atom is 0.0846 e. The molecular formula is C8H17N3. The van der Waals surface area contributed by atoms with Crippen molar-refractivity contribution in [3.05, 3.63) is 0 Å². The lowest BCUT2D eigenvalue weighted by molar-refractivity contribution is 0.348. The maximum absolute atomic E-state index is 3.99. The van der Waals surface area contributed by atoms with Gasteiger partial charge in [-0.1, -0.05) is 0 Å². The van der Waals surface area contributed by atoms with Gasteiger partial charge in [0.25, 0.3) is 0 Å². The number of nitrogens with zero attached hydrogens (tertiary/aromatic N) is 3. The van der Waals surface area contributed by atoms with E-state index < -0.39 is 0 Å². The van der Waals surface area contributed by atoms with Gasteiger partial charge in [-0.2, -0.15) is 0 Å².